The third kappa shape index (κ3) is 3.05. The van der Waals surface area contributed by atoms with Gasteiger partial charge in [0.05, 0.1) is 18.9 Å². The number of ether oxygens (including phenoxy) is 1. The summed E-state index contributed by atoms with van der Waals surface area (Å²) in [5.74, 6) is 1.10. The van der Waals surface area contributed by atoms with E-state index in [4.69, 9.17) is 9.84 Å². The average Bonchev–Trinajstić information content (AvgIpc) is 3.12. The number of benzene rings is 2. The molecule has 0 unspecified atom stereocenters. The van der Waals surface area contributed by atoms with Gasteiger partial charge in [-0.2, -0.15) is 5.10 Å². The van der Waals surface area contributed by atoms with Crippen LogP contribution in [0, 0.1) is 5.92 Å². The Labute approximate surface area is 166 Å². The molecule has 0 saturated heterocycles. The van der Waals surface area contributed by atoms with Crippen LogP contribution in [0.1, 0.15) is 42.5 Å². The maximum absolute atomic E-state index is 12.7. The second-order valence-corrected chi connectivity index (χ2v) is 7.68. The molecule has 2 atom stereocenters. The summed E-state index contributed by atoms with van der Waals surface area (Å²) in [5.41, 5.74) is 5.71. The predicted octanol–water partition coefficient (Wildman–Crippen LogP) is 4.02. The lowest BCUT2D eigenvalue weighted by molar-refractivity contribution is -0.133. The Kier molecular flexibility index (Phi) is 4.84. The maximum atomic E-state index is 12.7. The summed E-state index contributed by atoms with van der Waals surface area (Å²) in [6, 6.07) is 14.6. The van der Waals surface area contributed by atoms with Crippen LogP contribution in [0.5, 0.6) is 5.75 Å². The van der Waals surface area contributed by atoms with Crippen molar-refractivity contribution in [3.63, 3.8) is 0 Å². The van der Waals surface area contributed by atoms with Crippen molar-refractivity contribution in [2.24, 2.45) is 11.0 Å². The Hall–Kier alpha value is -2.82. The number of nitrogens with zero attached hydrogens (tertiary/aromatic N) is 3. The fourth-order valence-electron chi connectivity index (χ4n) is 4.29. The van der Waals surface area contributed by atoms with Gasteiger partial charge in [-0.15, -0.1) is 0 Å². The Balaban J connectivity index is 1.77. The highest BCUT2D eigenvalue weighted by molar-refractivity contribution is 6.07. The summed E-state index contributed by atoms with van der Waals surface area (Å²) >= 11 is 0. The van der Waals surface area contributed by atoms with Crippen molar-refractivity contribution < 1.29 is 9.53 Å². The average molecular weight is 377 g/mol. The number of fused-ring (bicyclic) bond motifs is 3. The number of methoxy groups -OCH3 is 1. The molecule has 5 heteroatoms. The van der Waals surface area contributed by atoms with E-state index in [1.807, 2.05) is 27.1 Å². The molecule has 0 aromatic heterocycles. The van der Waals surface area contributed by atoms with Crippen LogP contribution in [0.3, 0.4) is 0 Å². The van der Waals surface area contributed by atoms with E-state index in [9.17, 15) is 4.79 Å². The number of rotatable bonds is 4. The van der Waals surface area contributed by atoms with Crippen molar-refractivity contribution in [3.8, 4) is 5.75 Å². The van der Waals surface area contributed by atoms with Gasteiger partial charge in [0, 0.05) is 37.7 Å². The first-order valence-electron chi connectivity index (χ1n) is 9.88. The molecule has 0 spiro atoms. The van der Waals surface area contributed by atoms with Gasteiger partial charge in [0.2, 0.25) is 5.91 Å². The van der Waals surface area contributed by atoms with Gasteiger partial charge in [-0.05, 0) is 48.2 Å². The van der Waals surface area contributed by atoms with Crippen molar-refractivity contribution in [2.45, 2.75) is 32.2 Å². The largest absolute Gasteiger partial charge is 0.497 e. The molecule has 1 heterocycles. The minimum absolute atomic E-state index is 0.0435. The lowest BCUT2D eigenvalue weighted by atomic mass is 9.77. The molecule has 2 aromatic rings. The quantitative estimate of drug-likeness (QED) is 0.808. The van der Waals surface area contributed by atoms with Gasteiger partial charge in [-0.1, -0.05) is 25.1 Å². The summed E-state index contributed by atoms with van der Waals surface area (Å²) in [6.07, 6.45) is 2.43. The van der Waals surface area contributed by atoms with Crippen LogP contribution in [0.25, 0.3) is 0 Å². The minimum Gasteiger partial charge on any atom is -0.497 e. The minimum atomic E-state index is -0.0435. The van der Waals surface area contributed by atoms with Gasteiger partial charge in [0.25, 0.3) is 0 Å². The monoisotopic (exact) mass is 377 g/mol. The van der Waals surface area contributed by atoms with E-state index in [0.29, 0.717) is 6.42 Å². The van der Waals surface area contributed by atoms with Crippen molar-refractivity contribution in [1.29, 1.82) is 0 Å². The van der Waals surface area contributed by atoms with E-state index < -0.39 is 0 Å². The first-order chi connectivity index (χ1) is 13.5. The van der Waals surface area contributed by atoms with Gasteiger partial charge in [-0.3, -0.25) is 4.79 Å². The van der Waals surface area contributed by atoms with Crippen LogP contribution in [0.15, 0.2) is 47.6 Å². The molecule has 5 nitrogen and oxygen atoms in total. The van der Waals surface area contributed by atoms with Gasteiger partial charge < -0.3 is 9.64 Å². The number of hydrogen-bond acceptors (Lipinski definition) is 4. The second kappa shape index (κ2) is 7.30. The van der Waals surface area contributed by atoms with Crippen molar-refractivity contribution in [3.05, 3.63) is 59.2 Å². The number of carbonyl (C=O) groups excluding carboxylic acids is 1. The second-order valence-electron chi connectivity index (χ2n) is 7.68. The summed E-state index contributed by atoms with van der Waals surface area (Å²) < 4.78 is 5.43. The van der Waals surface area contributed by atoms with Crippen molar-refractivity contribution in [2.75, 3.05) is 26.1 Å². The highest BCUT2D eigenvalue weighted by Gasteiger charge is 2.43. The smallest absolute Gasteiger partial charge is 0.242 e. The van der Waals surface area contributed by atoms with Crippen LogP contribution < -0.4 is 9.64 Å². The molecule has 2 aromatic carbocycles. The van der Waals surface area contributed by atoms with Crippen molar-refractivity contribution >= 4 is 17.3 Å². The molecular weight excluding hydrogens is 350 g/mol. The Morgan fingerprint density at radius 3 is 2.61 bits per heavy atom. The first kappa shape index (κ1) is 18.5. The fraction of sp³-hybridized carbons (Fsp3) is 0.391. The highest BCUT2D eigenvalue weighted by Crippen LogP contribution is 2.44. The molecule has 1 amide bonds. The molecule has 0 fully saturated rings. The first-order valence-corrected chi connectivity index (χ1v) is 9.88. The van der Waals surface area contributed by atoms with Gasteiger partial charge in [0.1, 0.15) is 5.75 Å². The van der Waals surface area contributed by atoms with Crippen LogP contribution >= 0.6 is 0 Å². The SMILES string of the molecule is CCC(=O)N1N=C2c3cc(OC)ccc3CC[C@H]2[C@H]1c1ccc(N(C)C)cc1. The highest BCUT2D eigenvalue weighted by atomic mass is 16.5. The molecule has 0 saturated carbocycles. The zero-order chi connectivity index (χ0) is 19.8. The summed E-state index contributed by atoms with van der Waals surface area (Å²) in [7, 11) is 5.74. The van der Waals surface area contributed by atoms with Gasteiger partial charge in [0.15, 0.2) is 0 Å². The summed E-state index contributed by atoms with van der Waals surface area (Å²) in [6.45, 7) is 1.90. The predicted molar refractivity (Wildman–Crippen MR) is 112 cm³/mol. The summed E-state index contributed by atoms with van der Waals surface area (Å²) in [4.78, 5) is 14.8. The normalized spacial score (nSPS) is 20.3. The standard InChI is InChI=1S/C23H27N3O2/c1-5-21(27)26-23(16-6-10-17(11-7-16)25(2)3)19-13-9-15-8-12-18(28-4)14-20(15)22(19)24-26/h6-8,10-12,14,19,23H,5,9,13H2,1-4H3/t19-,23-/m1/s1. The molecule has 1 aliphatic carbocycles. The fourth-order valence-corrected chi connectivity index (χ4v) is 4.29. The third-order valence-electron chi connectivity index (χ3n) is 5.84. The zero-order valence-electron chi connectivity index (χ0n) is 17.0. The number of hydrazone groups is 1. The number of anilines is 1. The molecule has 0 bridgehead atoms. The number of aryl methyl sites for hydroxylation is 1. The van der Waals surface area contributed by atoms with E-state index in [-0.39, 0.29) is 17.9 Å². The van der Waals surface area contributed by atoms with Crippen LogP contribution in [-0.4, -0.2) is 37.8 Å². The topological polar surface area (TPSA) is 45.1 Å². The Morgan fingerprint density at radius 2 is 1.96 bits per heavy atom. The van der Waals surface area contributed by atoms with Crippen LogP contribution in [-0.2, 0) is 11.2 Å². The van der Waals surface area contributed by atoms with Crippen LogP contribution in [0.4, 0.5) is 5.69 Å². The van der Waals surface area contributed by atoms with Crippen molar-refractivity contribution in [1.82, 2.24) is 5.01 Å². The molecule has 4 rings (SSSR count). The third-order valence-corrected chi connectivity index (χ3v) is 5.84. The molecule has 1 aliphatic heterocycles. The molecule has 0 radical (unpaired) electrons. The van der Waals surface area contributed by atoms with Crippen LogP contribution in [0.2, 0.25) is 0 Å². The lowest BCUT2D eigenvalue weighted by Crippen LogP contribution is -2.31. The molecule has 28 heavy (non-hydrogen) atoms. The van der Waals surface area contributed by atoms with Gasteiger partial charge in [-0.25, -0.2) is 5.01 Å². The molecule has 2 aliphatic rings. The van der Waals surface area contributed by atoms with E-state index in [1.54, 1.807) is 12.1 Å². The Bertz CT molecular complexity index is 918. The van der Waals surface area contributed by atoms with E-state index in [1.165, 1.54) is 5.56 Å². The number of hydrogen-bond donors (Lipinski definition) is 0. The van der Waals surface area contributed by atoms with Gasteiger partial charge >= 0.3 is 0 Å². The molecular formula is C23H27N3O2. The maximum Gasteiger partial charge on any atom is 0.242 e. The molecule has 0 N–H and O–H groups in total. The van der Waals surface area contributed by atoms with E-state index in [0.717, 1.165) is 41.1 Å². The van der Waals surface area contributed by atoms with E-state index >= 15 is 0 Å². The lowest BCUT2D eigenvalue weighted by Gasteiger charge is -2.30. The number of carbonyl (C=O) groups is 1. The molecule has 146 valence electrons. The summed E-state index contributed by atoms with van der Waals surface area (Å²) in [5, 5.41) is 6.57. The number of amides is 1. The zero-order valence-corrected chi connectivity index (χ0v) is 17.0. The Morgan fingerprint density at radius 1 is 1.21 bits per heavy atom. The van der Waals surface area contributed by atoms with E-state index in [2.05, 4.69) is 41.3 Å².